The lowest BCUT2D eigenvalue weighted by Gasteiger charge is -1.97. The molecule has 0 aliphatic carbocycles. The quantitative estimate of drug-likeness (QED) is 0.788. The van der Waals surface area contributed by atoms with Crippen LogP contribution in [0.2, 0.25) is 0 Å². The van der Waals surface area contributed by atoms with Crippen molar-refractivity contribution < 1.29 is 12.6 Å². The van der Waals surface area contributed by atoms with Crippen molar-refractivity contribution in [3.8, 4) is 0 Å². The maximum Gasteiger partial charge on any atom is 0.333 e. The van der Waals surface area contributed by atoms with Crippen molar-refractivity contribution in [3.63, 3.8) is 0 Å². The summed E-state index contributed by atoms with van der Waals surface area (Å²) < 4.78 is 25.6. The van der Waals surface area contributed by atoms with E-state index in [9.17, 15) is 8.42 Å². The number of H-pyrrole nitrogens is 1. The van der Waals surface area contributed by atoms with Crippen LogP contribution in [0.3, 0.4) is 0 Å². The van der Waals surface area contributed by atoms with Gasteiger partial charge in [0.25, 0.3) is 0 Å². The van der Waals surface area contributed by atoms with E-state index in [2.05, 4.69) is 35.4 Å². The third-order valence-electron chi connectivity index (χ3n) is 1.03. The van der Waals surface area contributed by atoms with Crippen LogP contribution in [0.5, 0.6) is 0 Å². The molecule has 0 atom stereocenters. The van der Waals surface area contributed by atoms with Gasteiger partial charge in [0, 0.05) is 0 Å². The number of rotatable bonds is 3. The number of hydrogen-bond donors (Lipinski definition) is 2. The number of hydrogen-bond acceptors (Lipinski definition) is 4. The van der Waals surface area contributed by atoms with E-state index in [1.54, 1.807) is 0 Å². The molecule has 68 valence electrons. The van der Waals surface area contributed by atoms with E-state index in [0.717, 1.165) is 0 Å². The zero-order chi connectivity index (χ0) is 9.19. The number of halogens is 1. The summed E-state index contributed by atoms with van der Waals surface area (Å²) >= 11 is 3.12. The Hall–Kier alpha value is -0.440. The zero-order valence-electron chi connectivity index (χ0n) is 5.82. The third-order valence-corrected chi connectivity index (χ3v) is 2.16. The van der Waals surface area contributed by atoms with Crippen molar-refractivity contribution in [2.24, 2.45) is 5.14 Å². The van der Waals surface area contributed by atoms with Crippen LogP contribution in [0.15, 0.2) is 10.7 Å². The second-order valence-corrected chi connectivity index (χ2v) is 4.03. The lowest BCUT2D eigenvalue weighted by Crippen LogP contribution is -2.15. The summed E-state index contributed by atoms with van der Waals surface area (Å²) in [5.41, 5.74) is 0.518. The van der Waals surface area contributed by atoms with Crippen LogP contribution in [-0.2, 0) is 21.1 Å². The van der Waals surface area contributed by atoms with Crippen LogP contribution in [0.4, 0.5) is 0 Å². The topological polar surface area (TPSA) is 98.1 Å². The zero-order valence-corrected chi connectivity index (χ0v) is 8.22. The summed E-state index contributed by atoms with van der Waals surface area (Å²) in [5.74, 6) is 0. The molecule has 0 saturated carbocycles. The van der Waals surface area contributed by atoms with E-state index in [1.807, 2.05) is 0 Å². The third kappa shape index (κ3) is 2.89. The maximum atomic E-state index is 10.3. The Labute approximate surface area is 77.5 Å². The fraction of sp³-hybridized carbons (Fsp3) is 0.250. The molecule has 12 heavy (non-hydrogen) atoms. The maximum absolute atomic E-state index is 10.3. The Balaban J connectivity index is 2.61. The highest BCUT2D eigenvalue weighted by Crippen LogP contribution is 2.13. The van der Waals surface area contributed by atoms with Gasteiger partial charge >= 0.3 is 10.3 Å². The molecule has 0 amide bonds. The van der Waals surface area contributed by atoms with E-state index in [4.69, 9.17) is 0 Å². The highest BCUT2D eigenvalue weighted by atomic mass is 79.9. The summed E-state index contributed by atoms with van der Waals surface area (Å²) in [7, 11) is -3.89. The molecule has 0 fully saturated rings. The highest BCUT2D eigenvalue weighted by Gasteiger charge is 2.06. The molecule has 0 unspecified atom stereocenters. The van der Waals surface area contributed by atoms with Crippen LogP contribution in [-0.4, -0.2) is 18.6 Å². The lowest BCUT2D eigenvalue weighted by molar-refractivity contribution is 0.303. The SMILES string of the molecule is NS(=O)(=O)OCc1[nH]ncc1Br. The van der Waals surface area contributed by atoms with Crippen LogP contribution < -0.4 is 5.14 Å². The summed E-state index contributed by atoms with van der Waals surface area (Å²) in [6.45, 7) is -0.153. The van der Waals surface area contributed by atoms with E-state index >= 15 is 0 Å². The van der Waals surface area contributed by atoms with Gasteiger partial charge in [-0.25, -0.2) is 5.14 Å². The van der Waals surface area contributed by atoms with E-state index in [1.165, 1.54) is 6.20 Å². The van der Waals surface area contributed by atoms with Gasteiger partial charge in [0.05, 0.1) is 16.4 Å². The Morgan fingerprint density at radius 3 is 2.83 bits per heavy atom. The molecule has 8 heteroatoms. The first-order valence-electron chi connectivity index (χ1n) is 2.84. The lowest BCUT2D eigenvalue weighted by atomic mass is 10.5. The second kappa shape index (κ2) is 3.52. The fourth-order valence-electron chi connectivity index (χ4n) is 0.540. The Bertz CT molecular complexity index is 359. The number of aromatic amines is 1. The minimum Gasteiger partial charge on any atom is -0.279 e. The molecular weight excluding hydrogens is 250 g/mol. The molecule has 0 saturated heterocycles. The highest BCUT2D eigenvalue weighted by molar-refractivity contribution is 9.10. The van der Waals surface area contributed by atoms with E-state index in [-0.39, 0.29) is 6.61 Å². The van der Waals surface area contributed by atoms with Gasteiger partial charge in [-0.3, -0.25) is 9.28 Å². The summed E-state index contributed by atoms with van der Waals surface area (Å²) in [6, 6.07) is 0. The Kier molecular flexibility index (Phi) is 2.83. The molecule has 1 rings (SSSR count). The fourth-order valence-corrected chi connectivity index (χ4v) is 1.13. The van der Waals surface area contributed by atoms with Gasteiger partial charge in [-0.15, -0.1) is 0 Å². The smallest absolute Gasteiger partial charge is 0.279 e. The predicted octanol–water partition coefficient (Wildman–Crippen LogP) is -0.108. The largest absolute Gasteiger partial charge is 0.333 e. The van der Waals surface area contributed by atoms with Crippen LogP contribution in [0, 0.1) is 0 Å². The molecule has 0 spiro atoms. The minimum absolute atomic E-state index is 0.153. The van der Waals surface area contributed by atoms with Gasteiger partial charge < -0.3 is 0 Å². The van der Waals surface area contributed by atoms with E-state index < -0.39 is 10.3 Å². The molecule has 0 aromatic carbocycles. The van der Waals surface area contributed by atoms with Crippen LogP contribution >= 0.6 is 15.9 Å². The van der Waals surface area contributed by atoms with Gasteiger partial charge in [0.15, 0.2) is 0 Å². The van der Waals surface area contributed by atoms with Gasteiger partial charge in [-0.2, -0.15) is 13.5 Å². The van der Waals surface area contributed by atoms with E-state index in [0.29, 0.717) is 10.2 Å². The number of nitrogens with two attached hydrogens (primary N) is 1. The predicted molar refractivity (Wildman–Crippen MR) is 44.2 cm³/mol. The molecule has 1 heterocycles. The first kappa shape index (κ1) is 9.65. The number of nitrogens with zero attached hydrogens (tertiary/aromatic N) is 1. The summed E-state index contributed by atoms with van der Waals surface area (Å²) in [6.07, 6.45) is 1.49. The average molecular weight is 256 g/mol. The second-order valence-electron chi connectivity index (χ2n) is 1.95. The standard InChI is InChI=1S/C4H6BrN3O3S/c5-3-1-7-8-4(3)2-11-12(6,9)10/h1H,2H2,(H,7,8)(H2,6,9,10). The van der Waals surface area contributed by atoms with Gasteiger partial charge in [-0.1, -0.05) is 0 Å². The molecule has 0 aliphatic rings. The molecule has 3 N–H and O–H groups in total. The molecule has 6 nitrogen and oxygen atoms in total. The molecule has 0 radical (unpaired) electrons. The Morgan fingerprint density at radius 1 is 1.75 bits per heavy atom. The van der Waals surface area contributed by atoms with Crippen LogP contribution in [0.25, 0.3) is 0 Å². The summed E-state index contributed by atoms with van der Waals surface area (Å²) in [5, 5.41) is 10.8. The van der Waals surface area contributed by atoms with Crippen molar-refractivity contribution in [2.45, 2.75) is 6.61 Å². The summed E-state index contributed by atoms with van der Waals surface area (Å²) in [4.78, 5) is 0. The minimum atomic E-state index is -3.89. The average Bonchev–Trinajstić information content (AvgIpc) is 2.29. The van der Waals surface area contributed by atoms with Crippen molar-refractivity contribution in [3.05, 3.63) is 16.4 Å². The van der Waals surface area contributed by atoms with Crippen molar-refractivity contribution in [1.29, 1.82) is 0 Å². The van der Waals surface area contributed by atoms with Gasteiger partial charge in [0.1, 0.15) is 6.61 Å². The monoisotopic (exact) mass is 255 g/mol. The van der Waals surface area contributed by atoms with Crippen molar-refractivity contribution in [1.82, 2.24) is 10.2 Å². The number of aromatic nitrogens is 2. The first-order valence-corrected chi connectivity index (χ1v) is 5.10. The van der Waals surface area contributed by atoms with Gasteiger partial charge in [-0.05, 0) is 15.9 Å². The molecular formula is C4H6BrN3O3S. The molecule has 1 aromatic heterocycles. The van der Waals surface area contributed by atoms with Crippen molar-refractivity contribution in [2.75, 3.05) is 0 Å². The molecule has 0 bridgehead atoms. The Morgan fingerprint density at radius 2 is 2.42 bits per heavy atom. The molecule has 0 aliphatic heterocycles. The first-order chi connectivity index (χ1) is 5.49. The molecule has 1 aromatic rings. The van der Waals surface area contributed by atoms with Crippen molar-refractivity contribution >= 4 is 26.2 Å². The van der Waals surface area contributed by atoms with Crippen LogP contribution in [0.1, 0.15) is 5.69 Å². The number of nitrogens with one attached hydrogen (secondary N) is 1. The normalized spacial score (nSPS) is 11.8. The van der Waals surface area contributed by atoms with Gasteiger partial charge in [0.2, 0.25) is 0 Å².